The first-order valence-electron chi connectivity index (χ1n) is 15.4. The van der Waals surface area contributed by atoms with Crippen LogP contribution in [0.5, 0.6) is 5.75 Å². The number of benzene rings is 1. The summed E-state index contributed by atoms with van der Waals surface area (Å²) in [5.74, 6) is 0.811. The molecule has 0 bridgehead atoms. The number of carbonyl (C=O) groups is 2. The third-order valence-corrected chi connectivity index (χ3v) is 8.19. The molecule has 12 nitrogen and oxygen atoms in total. The first-order chi connectivity index (χ1) is 20.9. The lowest BCUT2D eigenvalue weighted by molar-refractivity contribution is -0.147. The van der Waals surface area contributed by atoms with Crippen LogP contribution in [0.2, 0.25) is 0 Å². The van der Waals surface area contributed by atoms with Crippen LogP contribution in [0.15, 0.2) is 18.2 Å². The lowest BCUT2D eigenvalue weighted by Gasteiger charge is -2.39. The number of aromatic nitrogens is 2. The molecule has 0 spiro atoms. The quantitative estimate of drug-likeness (QED) is 0.216. The number of piperazine rings is 1. The van der Waals surface area contributed by atoms with E-state index in [0.717, 1.165) is 70.4 Å². The van der Waals surface area contributed by atoms with Gasteiger partial charge in [0.25, 0.3) is 5.91 Å². The highest BCUT2D eigenvalue weighted by atomic mass is 16.5. The molecule has 2 fully saturated rings. The van der Waals surface area contributed by atoms with Crippen molar-refractivity contribution >= 4 is 34.9 Å². The topological polar surface area (TPSA) is 144 Å². The Kier molecular flexibility index (Phi) is 11.8. The van der Waals surface area contributed by atoms with Crippen molar-refractivity contribution in [2.24, 2.45) is 5.73 Å². The number of nitrogens with zero attached hydrogens (tertiary/aromatic N) is 4. The van der Waals surface area contributed by atoms with Crippen molar-refractivity contribution < 1.29 is 23.8 Å². The number of rotatable bonds is 14. The zero-order chi connectivity index (χ0) is 30.8. The number of amides is 1. The molecule has 0 radical (unpaired) electrons. The molecule has 2 aromatic rings. The molecule has 1 unspecified atom stereocenters. The second-order valence-corrected chi connectivity index (χ2v) is 11.0. The van der Waals surface area contributed by atoms with Crippen LogP contribution in [0.4, 0.5) is 23.0 Å². The van der Waals surface area contributed by atoms with Gasteiger partial charge in [0.2, 0.25) is 0 Å². The smallest absolute Gasteiger partial charge is 0.323 e. The third kappa shape index (κ3) is 8.26. The molecule has 12 heteroatoms. The molecule has 2 aliphatic rings. The van der Waals surface area contributed by atoms with E-state index < -0.39 is 5.91 Å². The van der Waals surface area contributed by atoms with E-state index in [1.807, 2.05) is 25.1 Å². The van der Waals surface area contributed by atoms with Crippen molar-refractivity contribution in [3.63, 3.8) is 0 Å². The number of esters is 1. The Morgan fingerprint density at radius 1 is 1.07 bits per heavy atom. The lowest BCUT2D eigenvalue weighted by Crippen LogP contribution is -2.53. The maximum Gasteiger partial charge on any atom is 0.323 e. The van der Waals surface area contributed by atoms with E-state index in [0.29, 0.717) is 48.4 Å². The van der Waals surface area contributed by atoms with Crippen molar-refractivity contribution in [1.29, 1.82) is 0 Å². The van der Waals surface area contributed by atoms with Gasteiger partial charge in [-0.25, -0.2) is 9.97 Å². The molecular weight excluding hydrogens is 550 g/mol. The Bertz CT molecular complexity index is 1230. The van der Waals surface area contributed by atoms with Gasteiger partial charge in [-0.2, -0.15) is 0 Å². The Hall–Kier alpha value is -3.64. The second-order valence-electron chi connectivity index (χ2n) is 11.0. The van der Waals surface area contributed by atoms with Crippen molar-refractivity contribution in [1.82, 2.24) is 14.9 Å². The number of primary amides is 1. The first kappa shape index (κ1) is 32.3. The highest BCUT2D eigenvalue weighted by molar-refractivity contribution is 5.96. The third-order valence-electron chi connectivity index (χ3n) is 8.19. The van der Waals surface area contributed by atoms with Gasteiger partial charge in [0, 0.05) is 57.2 Å². The van der Waals surface area contributed by atoms with Gasteiger partial charge in [-0.3, -0.25) is 14.5 Å². The van der Waals surface area contributed by atoms with Crippen LogP contribution in [0.3, 0.4) is 0 Å². The highest BCUT2D eigenvalue weighted by Crippen LogP contribution is 2.34. The van der Waals surface area contributed by atoms with Gasteiger partial charge in [-0.05, 0) is 37.8 Å². The predicted octanol–water partition coefficient (Wildman–Crippen LogP) is 3.72. The summed E-state index contributed by atoms with van der Waals surface area (Å²) in [6.07, 6.45) is 6.39. The maximum absolute atomic E-state index is 12.5. The summed E-state index contributed by atoms with van der Waals surface area (Å²) in [7, 11) is 3.10. The van der Waals surface area contributed by atoms with E-state index in [2.05, 4.69) is 32.3 Å². The van der Waals surface area contributed by atoms with Crippen LogP contribution in [-0.4, -0.2) is 92.4 Å². The molecule has 1 aromatic carbocycles. The van der Waals surface area contributed by atoms with Crippen molar-refractivity contribution in [3.05, 3.63) is 29.6 Å². The molecule has 2 saturated heterocycles. The molecule has 4 N–H and O–H groups in total. The van der Waals surface area contributed by atoms with Crippen molar-refractivity contribution in [3.8, 4) is 5.75 Å². The molecule has 2 aliphatic heterocycles. The van der Waals surface area contributed by atoms with Crippen LogP contribution in [0, 0.1) is 0 Å². The minimum atomic E-state index is -0.649. The van der Waals surface area contributed by atoms with Gasteiger partial charge < -0.3 is 35.5 Å². The molecule has 1 aromatic heterocycles. The average molecular weight is 598 g/mol. The number of nitrogens with two attached hydrogens (primary N) is 1. The van der Waals surface area contributed by atoms with Crippen LogP contribution >= 0.6 is 0 Å². The molecule has 1 atom stereocenters. The minimum Gasteiger partial charge on any atom is -0.495 e. The number of unbranched alkanes of at least 4 members (excludes halogenated alkanes) is 2. The highest BCUT2D eigenvalue weighted by Gasteiger charge is 2.30. The standard InChI is InChI=1S/C31H47N7O5/c1-5-7-8-9-25(31(40)42-4)38-16-14-37(15-17-38)24-11-10-22(20-26(24)41-3)34-30-27(28(32)39)35-23(6-2)29(36-30)33-21-12-18-43-19-13-21/h10-11,20-21,25H,5-9,12-19H2,1-4H3,(H2,32,39)(H2,33,34,36). The summed E-state index contributed by atoms with van der Waals surface area (Å²) in [6, 6.07) is 5.82. The summed E-state index contributed by atoms with van der Waals surface area (Å²) in [4.78, 5) is 38.7. The van der Waals surface area contributed by atoms with Gasteiger partial charge in [-0.15, -0.1) is 0 Å². The number of nitrogens with one attached hydrogen (secondary N) is 2. The number of methoxy groups -OCH3 is 2. The summed E-state index contributed by atoms with van der Waals surface area (Å²) in [5, 5.41) is 6.75. The Morgan fingerprint density at radius 2 is 1.81 bits per heavy atom. The normalized spacial score (nSPS) is 16.9. The predicted molar refractivity (Wildman–Crippen MR) is 167 cm³/mol. The van der Waals surface area contributed by atoms with Gasteiger partial charge in [-0.1, -0.05) is 33.1 Å². The largest absolute Gasteiger partial charge is 0.495 e. The van der Waals surface area contributed by atoms with Crippen LogP contribution in [0.25, 0.3) is 0 Å². The van der Waals surface area contributed by atoms with Crippen LogP contribution in [0.1, 0.15) is 68.6 Å². The lowest BCUT2D eigenvalue weighted by atomic mass is 10.1. The van der Waals surface area contributed by atoms with E-state index in [9.17, 15) is 9.59 Å². The number of hydrogen-bond acceptors (Lipinski definition) is 11. The maximum atomic E-state index is 12.5. The number of hydrogen-bond donors (Lipinski definition) is 3. The summed E-state index contributed by atoms with van der Waals surface area (Å²) in [6.45, 7) is 8.53. The fourth-order valence-electron chi connectivity index (χ4n) is 5.73. The minimum absolute atomic E-state index is 0.0904. The van der Waals surface area contributed by atoms with Gasteiger partial charge in [0.1, 0.15) is 11.8 Å². The zero-order valence-electron chi connectivity index (χ0n) is 26.0. The van der Waals surface area contributed by atoms with E-state index in [1.165, 1.54) is 7.11 Å². The molecule has 43 heavy (non-hydrogen) atoms. The van der Waals surface area contributed by atoms with E-state index >= 15 is 0 Å². The monoisotopic (exact) mass is 597 g/mol. The second kappa shape index (κ2) is 15.7. The molecule has 0 aliphatic carbocycles. The Morgan fingerprint density at radius 3 is 2.44 bits per heavy atom. The van der Waals surface area contributed by atoms with Crippen LogP contribution < -0.4 is 26.0 Å². The van der Waals surface area contributed by atoms with Gasteiger partial charge >= 0.3 is 5.97 Å². The summed E-state index contributed by atoms with van der Waals surface area (Å²) >= 11 is 0. The molecule has 1 amide bonds. The molecule has 0 saturated carbocycles. The van der Waals surface area contributed by atoms with Crippen molar-refractivity contribution in [2.45, 2.75) is 70.9 Å². The first-order valence-corrected chi connectivity index (χ1v) is 15.4. The van der Waals surface area contributed by atoms with E-state index in [1.54, 1.807) is 7.11 Å². The summed E-state index contributed by atoms with van der Waals surface area (Å²) < 4.78 is 16.4. The molecule has 236 valence electrons. The van der Waals surface area contributed by atoms with E-state index in [4.69, 9.17) is 24.9 Å². The molecule has 3 heterocycles. The van der Waals surface area contributed by atoms with Gasteiger partial charge in [0.05, 0.1) is 25.6 Å². The van der Waals surface area contributed by atoms with E-state index in [-0.39, 0.29) is 23.7 Å². The number of anilines is 4. The zero-order valence-corrected chi connectivity index (χ0v) is 26.0. The summed E-state index contributed by atoms with van der Waals surface area (Å²) in [5.41, 5.74) is 8.15. The van der Waals surface area contributed by atoms with Gasteiger partial charge in [0.15, 0.2) is 17.3 Å². The SMILES string of the molecule is CCCCCC(C(=O)OC)N1CCN(c2ccc(Nc3nc(NC4CCOCC4)c(CC)nc3C(N)=O)cc2OC)CC1. The number of carbonyl (C=O) groups excluding carboxylic acids is 2. The number of ether oxygens (including phenoxy) is 3. The van der Waals surface area contributed by atoms with Crippen LogP contribution in [-0.2, 0) is 20.7 Å². The molecular formula is C31H47N7O5. The van der Waals surface area contributed by atoms with Crippen molar-refractivity contribution in [2.75, 3.05) is 69.1 Å². The fraction of sp³-hybridized carbons (Fsp3) is 0.613. The average Bonchev–Trinajstić information content (AvgIpc) is 3.03. The Labute approximate surface area is 254 Å². The molecule has 4 rings (SSSR count). The number of aryl methyl sites for hydroxylation is 1. The fourth-order valence-corrected chi connectivity index (χ4v) is 5.73. The Balaban J connectivity index is 1.50.